The number of benzene rings is 4. The summed E-state index contributed by atoms with van der Waals surface area (Å²) in [4.78, 5) is 97.9. The van der Waals surface area contributed by atoms with Crippen molar-refractivity contribution >= 4 is 42.0 Å². The van der Waals surface area contributed by atoms with Gasteiger partial charge in [0.05, 0.1) is 42.8 Å². The third-order valence-corrected chi connectivity index (χ3v) is 10.9. The highest BCUT2D eigenvalue weighted by Gasteiger charge is 2.34. The van der Waals surface area contributed by atoms with E-state index in [1.165, 1.54) is 12.1 Å². The number of ether oxygens (including phenoxy) is 3. The zero-order chi connectivity index (χ0) is 48.8. The van der Waals surface area contributed by atoms with Gasteiger partial charge in [0.2, 0.25) is 12.3 Å². The van der Waals surface area contributed by atoms with Crippen LogP contribution >= 0.6 is 0 Å². The topological polar surface area (TPSA) is 209 Å². The van der Waals surface area contributed by atoms with Gasteiger partial charge in [0.25, 0.3) is 11.8 Å². The smallest absolute Gasteiger partial charge is 0.363 e. The van der Waals surface area contributed by atoms with Crippen LogP contribution in [0.25, 0.3) is 11.3 Å². The van der Waals surface area contributed by atoms with E-state index in [2.05, 4.69) is 16.0 Å². The minimum atomic E-state index is -1.40. The molecule has 0 spiro atoms. The molecule has 5 aromatic rings. The summed E-state index contributed by atoms with van der Waals surface area (Å²) in [6.07, 6.45) is 3.01. The number of unbranched alkanes of at least 4 members (excludes halogenated alkanes) is 2. The minimum Gasteiger partial charge on any atom is -0.493 e. The maximum absolute atomic E-state index is 13.8. The van der Waals surface area contributed by atoms with E-state index < -0.39 is 60.1 Å². The molecule has 4 aromatic carbocycles. The van der Waals surface area contributed by atoms with Crippen molar-refractivity contribution in [3.05, 3.63) is 149 Å². The molecule has 4 amide bonds. The van der Waals surface area contributed by atoms with E-state index >= 15 is 0 Å². The van der Waals surface area contributed by atoms with Crippen LogP contribution in [0.1, 0.15) is 107 Å². The van der Waals surface area contributed by atoms with E-state index in [0.29, 0.717) is 47.9 Å². The normalized spacial score (nSPS) is 12.1. The van der Waals surface area contributed by atoms with Gasteiger partial charge < -0.3 is 39.4 Å². The van der Waals surface area contributed by atoms with Crippen LogP contribution < -0.4 is 20.7 Å². The lowest BCUT2D eigenvalue weighted by Crippen LogP contribution is -2.49. The molecule has 0 bridgehead atoms. The largest absolute Gasteiger partial charge is 0.493 e. The molecule has 3 atom stereocenters. The van der Waals surface area contributed by atoms with Gasteiger partial charge in [0.1, 0.15) is 30.8 Å². The molecule has 2 unspecified atom stereocenters. The van der Waals surface area contributed by atoms with Gasteiger partial charge in [-0.1, -0.05) is 118 Å². The van der Waals surface area contributed by atoms with Gasteiger partial charge in [0, 0.05) is 5.56 Å². The number of hydroxylamine groups is 2. The van der Waals surface area contributed by atoms with Crippen molar-refractivity contribution in [1.29, 1.82) is 0 Å². The summed E-state index contributed by atoms with van der Waals surface area (Å²) >= 11 is 0. The predicted molar refractivity (Wildman–Crippen MR) is 250 cm³/mol. The Morgan fingerprint density at radius 2 is 1.41 bits per heavy atom. The van der Waals surface area contributed by atoms with E-state index in [0.717, 1.165) is 23.5 Å². The maximum Gasteiger partial charge on any atom is 0.363 e. The average Bonchev–Trinajstić information content (AvgIpc) is 3.86. The van der Waals surface area contributed by atoms with Crippen LogP contribution in [0.3, 0.4) is 0 Å². The summed E-state index contributed by atoms with van der Waals surface area (Å²) in [6, 6.07) is 30.2. The number of aryl methyl sites for hydroxylation is 1. The summed E-state index contributed by atoms with van der Waals surface area (Å²) in [5.41, 5.74) is 2.92. The second-order valence-electron chi connectivity index (χ2n) is 15.7. The van der Waals surface area contributed by atoms with Crippen LogP contribution in [0.15, 0.2) is 120 Å². The Bertz CT molecular complexity index is 2470. The highest BCUT2D eigenvalue weighted by Crippen LogP contribution is 2.30. The van der Waals surface area contributed by atoms with Crippen molar-refractivity contribution in [2.75, 3.05) is 13.3 Å². The summed E-state index contributed by atoms with van der Waals surface area (Å²) in [5, 5.41) is 8.87. The molecule has 16 heteroatoms. The van der Waals surface area contributed by atoms with Crippen molar-refractivity contribution in [2.24, 2.45) is 5.92 Å². The van der Waals surface area contributed by atoms with Gasteiger partial charge in [-0.25, -0.2) is 9.59 Å². The van der Waals surface area contributed by atoms with Crippen molar-refractivity contribution in [1.82, 2.24) is 21.0 Å². The molecule has 3 N–H and O–H groups in total. The van der Waals surface area contributed by atoms with Crippen LogP contribution in [0.2, 0.25) is 0 Å². The second-order valence-corrected chi connectivity index (χ2v) is 15.7. The fourth-order valence-corrected chi connectivity index (χ4v) is 7.27. The Morgan fingerprint density at radius 3 is 2.06 bits per heavy atom. The predicted octanol–water partition coefficient (Wildman–Crippen LogP) is 7.64. The number of carbonyl (C=O) groups excluding carboxylic acids is 7. The number of amides is 4. The van der Waals surface area contributed by atoms with Gasteiger partial charge in [-0.2, -0.15) is 5.06 Å². The molecule has 0 saturated carbocycles. The first kappa shape index (κ1) is 51.2. The molecule has 0 saturated heterocycles. The first-order valence-corrected chi connectivity index (χ1v) is 22.6. The molecule has 1 aromatic heterocycles. The molecule has 0 aliphatic rings. The molecule has 16 nitrogen and oxygen atoms in total. The first-order valence-electron chi connectivity index (χ1n) is 22.6. The number of nitrogens with one attached hydrogen (secondary N) is 3. The summed E-state index contributed by atoms with van der Waals surface area (Å²) < 4.78 is 22.6. The lowest BCUT2D eigenvalue weighted by Gasteiger charge is -2.32. The molecule has 358 valence electrons. The van der Waals surface area contributed by atoms with Crippen molar-refractivity contribution < 1.29 is 57.0 Å². The molecule has 68 heavy (non-hydrogen) atoms. The lowest BCUT2D eigenvalue weighted by atomic mass is 9.90. The number of nitrogens with zero attached hydrogens (tertiary/aromatic N) is 1. The molecular weight excluding hydrogens is 873 g/mol. The maximum atomic E-state index is 13.8. The van der Waals surface area contributed by atoms with Crippen molar-refractivity contribution in [2.45, 2.75) is 91.5 Å². The summed E-state index contributed by atoms with van der Waals surface area (Å²) in [6.45, 7) is 7.07. The van der Waals surface area contributed by atoms with Crippen LogP contribution in [0.5, 0.6) is 5.75 Å². The summed E-state index contributed by atoms with van der Waals surface area (Å²) in [5.74, 6) is -4.55. The third-order valence-electron chi connectivity index (χ3n) is 10.9. The molecule has 0 aliphatic carbocycles. The number of hydrogen-bond acceptors (Lipinski definition) is 12. The van der Waals surface area contributed by atoms with Gasteiger partial charge >= 0.3 is 17.9 Å². The number of furan rings is 1. The lowest BCUT2D eigenvalue weighted by molar-refractivity contribution is -0.171. The Hall–Kier alpha value is -7.75. The Kier molecular flexibility index (Phi) is 19.9. The van der Waals surface area contributed by atoms with Crippen LogP contribution in [-0.4, -0.2) is 72.5 Å². The summed E-state index contributed by atoms with van der Waals surface area (Å²) in [7, 11) is 0. The Labute approximate surface area is 395 Å². The molecule has 0 fully saturated rings. The fraction of sp³-hybridized carbons (Fsp3) is 0.327. The van der Waals surface area contributed by atoms with E-state index in [1.54, 1.807) is 112 Å². The van der Waals surface area contributed by atoms with Gasteiger partial charge in [-0.3, -0.25) is 24.0 Å². The standard InChI is InChI=1S/C52H58N4O12/c1-5-8-11-24-40(43(6-2)56(34-57)68-51(62)39-23-17-16-18-35(39)4)48(59)53-33-54-50(61)45-28-27-44(67-45)38-25-26-41(46(29-38)64-7-3)49(60)55-42(52(63)66-32-37-21-14-10-15-22-37)30-47(58)65-31-36-19-12-9-13-20-36/h9-10,12-23,25-29,34,40,42-43H,5-8,11,24,30-33H2,1-4H3,(H,53,59)(H,54,61)(H,55,60)/t40?,42?,43-/m1/s1. The third kappa shape index (κ3) is 14.9. The Balaban J connectivity index is 1.23. The SMILES string of the molecule is CCCCCC(C(=O)NCNC(=O)c1ccc(-c2ccc(C(=O)NC(CC(=O)OCc3ccccc3)C(=O)OCc3ccccc3)c(OCC)c2)o1)[C@@H](CC)N(C=O)OC(=O)c1ccccc1C. The fourth-order valence-electron chi connectivity index (χ4n) is 7.27. The van der Waals surface area contributed by atoms with Crippen LogP contribution in [-0.2, 0) is 46.7 Å². The number of rotatable bonds is 26. The molecule has 0 aliphatic heterocycles. The minimum absolute atomic E-state index is 0.0272. The zero-order valence-corrected chi connectivity index (χ0v) is 38.7. The van der Waals surface area contributed by atoms with E-state index in [-0.39, 0.29) is 49.3 Å². The van der Waals surface area contributed by atoms with E-state index in [4.69, 9.17) is 23.5 Å². The van der Waals surface area contributed by atoms with Crippen LogP contribution in [0.4, 0.5) is 0 Å². The monoisotopic (exact) mass is 930 g/mol. The average molecular weight is 931 g/mol. The Morgan fingerprint density at radius 1 is 0.735 bits per heavy atom. The molecule has 0 radical (unpaired) electrons. The van der Waals surface area contributed by atoms with E-state index in [9.17, 15) is 33.6 Å². The zero-order valence-electron chi connectivity index (χ0n) is 38.7. The molecule has 1 heterocycles. The van der Waals surface area contributed by atoms with Crippen molar-refractivity contribution in [3.63, 3.8) is 0 Å². The van der Waals surface area contributed by atoms with Gasteiger partial charge in [0.15, 0.2) is 5.76 Å². The van der Waals surface area contributed by atoms with Gasteiger partial charge in [-0.15, -0.1) is 0 Å². The molecular formula is C52H58N4O12. The highest BCUT2D eigenvalue weighted by molar-refractivity contribution is 6.00. The van der Waals surface area contributed by atoms with E-state index in [1.807, 2.05) is 19.1 Å². The highest BCUT2D eigenvalue weighted by atomic mass is 16.7. The van der Waals surface area contributed by atoms with Crippen LogP contribution in [0, 0.1) is 12.8 Å². The molecule has 5 rings (SSSR count). The number of carbonyl (C=O) groups is 7. The second kappa shape index (κ2) is 26.4. The quantitative estimate of drug-likeness (QED) is 0.0161. The number of esters is 2. The number of hydrogen-bond donors (Lipinski definition) is 3. The van der Waals surface area contributed by atoms with Gasteiger partial charge in [-0.05, 0) is 73.7 Å². The van der Waals surface area contributed by atoms with Crippen molar-refractivity contribution in [3.8, 4) is 17.1 Å². The first-order chi connectivity index (χ1) is 33.0.